The van der Waals surface area contributed by atoms with Crippen LogP contribution in [0.2, 0.25) is 0 Å². The monoisotopic (exact) mass is 177 g/mol. The average Bonchev–Trinajstić information content (AvgIpc) is 2.12. The van der Waals surface area contributed by atoms with Gasteiger partial charge in [-0.25, -0.2) is 4.52 Å². The molecular formula is C8H7N3O2. The van der Waals surface area contributed by atoms with Gasteiger partial charge in [0.15, 0.2) is 0 Å². The van der Waals surface area contributed by atoms with Gasteiger partial charge < -0.3 is 0 Å². The molecule has 0 spiro atoms. The molecule has 0 aliphatic carbocycles. The predicted octanol–water partition coefficient (Wildman–Crippen LogP) is -0.537. The number of aromatic nitrogens is 3. The molecule has 0 N–H and O–H groups in total. The first-order valence-corrected chi connectivity index (χ1v) is 3.77. The van der Waals surface area contributed by atoms with E-state index in [1.54, 1.807) is 13.0 Å². The number of hydrogen-bond acceptors (Lipinski definition) is 3. The second-order valence-electron chi connectivity index (χ2n) is 2.70. The molecule has 0 fully saturated rings. The van der Waals surface area contributed by atoms with Crippen molar-refractivity contribution < 1.29 is 0 Å². The van der Waals surface area contributed by atoms with Crippen molar-refractivity contribution in [2.24, 2.45) is 0 Å². The van der Waals surface area contributed by atoms with Crippen LogP contribution in [-0.4, -0.2) is 14.2 Å². The summed E-state index contributed by atoms with van der Waals surface area (Å²) >= 11 is 0. The Labute approximate surface area is 72.9 Å². The molecule has 0 saturated heterocycles. The lowest BCUT2D eigenvalue weighted by atomic mass is 10.5. The average molecular weight is 177 g/mol. The van der Waals surface area contributed by atoms with Gasteiger partial charge in [0.25, 0.3) is 11.1 Å². The summed E-state index contributed by atoms with van der Waals surface area (Å²) in [5.41, 5.74) is 0.100. The highest BCUT2D eigenvalue weighted by atomic mass is 16.2. The zero-order chi connectivity index (χ0) is 9.42. The minimum Gasteiger partial charge on any atom is -0.267 e. The Balaban J connectivity index is 3.10. The summed E-state index contributed by atoms with van der Waals surface area (Å²) in [5, 5.41) is 3.90. The molecule has 0 aliphatic heterocycles. The molecule has 0 atom stereocenters. The minimum atomic E-state index is -0.316. The van der Waals surface area contributed by atoms with E-state index in [4.69, 9.17) is 0 Å². The fourth-order valence-corrected chi connectivity index (χ4v) is 1.08. The molecular weight excluding hydrogens is 170 g/mol. The largest absolute Gasteiger partial charge is 0.286 e. The summed E-state index contributed by atoms with van der Waals surface area (Å²) in [5.74, 6) is 0. The molecule has 2 heterocycles. The zero-order valence-electron chi connectivity index (χ0n) is 6.97. The van der Waals surface area contributed by atoms with Gasteiger partial charge in [-0.3, -0.25) is 9.59 Å². The maximum Gasteiger partial charge on any atom is 0.286 e. The highest BCUT2D eigenvalue weighted by Gasteiger charge is 1.97. The van der Waals surface area contributed by atoms with Crippen LogP contribution in [0.25, 0.3) is 0 Å². The topological polar surface area (TPSA) is 55.8 Å². The lowest BCUT2D eigenvalue weighted by Crippen LogP contribution is -2.30. The van der Waals surface area contributed by atoms with E-state index in [-0.39, 0.29) is 11.1 Å². The van der Waals surface area contributed by atoms with Crippen molar-refractivity contribution in [3.63, 3.8) is 0 Å². The third-order valence-electron chi connectivity index (χ3n) is 1.70. The Hall–Kier alpha value is -1.91. The number of rotatable bonds is 0. The summed E-state index contributed by atoms with van der Waals surface area (Å²) < 4.78 is 2.20. The third-order valence-corrected chi connectivity index (χ3v) is 1.70. The van der Waals surface area contributed by atoms with Gasteiger partial charge in [0.2, 0.25) is 0 Å². The smallest absolute Gasteiger partial charge is 0.267 e. The SMILES string of the molecule is Cc1ccn2c(=O)ccc(=O)n2n1. The van der Waals surface area contributed by atoms with Crippen LogP contribution in [0.5, 0.6) is 0 Å². The number of aryl methyl sites for hydroxylation is 1. The van der Waals surface area contributed by atoms with E-state index in [9.17, 15) is 9.59 Å². The quantitative estimate of drug-likeness (QED) is 0.543. The minimum absolute atomic E-state index is 0.271. The van der Waals surface area contributed by atoms with E-state index in [1.165, 1.54) is 18.3 Å². The molecule has 0 bridgehead atoms. The van der Waals surface area contributed by atoms with Crippen molar-refractivity contribution in [2.75, 3.05) is 0 Å². The van der Waals surface area contributed by atoms with Crippen molar-refractivity contribution in [2.45, 2.75) is 6.92 Å². The van der Waals surface area contributed by atoms with Crippen LogP contribution in [0.3, 0.4) is 0 Å². The van der Waals surface area contributed by atoms with Gasteiger partial charge in [-0.05, 0) is 13.0 Å². The van der Waals surface area contributed by atoms with Crippen LogP contribution in [0, 0.1) is 6.92 Å². The van der Waals surface area contributed by atoms with Crippen LogP contribution < -0.4 is 11.1 Å². The Morgan fingerprint density at radius 3 is 2.62 bits per heavy atom. The Morgan fingerprint density at radius 1 is 1.15 bits per heavy atom. The molecule has 0 aliphatic rings. The van der Waals surface area contributed by atoms with E-state index in [1.807, 2.05) is 0 Å². The molecule has 0 radical (unpaired) electrons. The molecule has 2 rings (SSSR count). The molecule has 13 heavy (non-hydrogen) atoms. The number of fused-ring (bicyclic) bond motifs is 1. The molecule has 0 aromatic carbocycles. The second kappa shape index (κ2) is 2.55. The van der Waals surface area contributed by atoms with Gasteiger partial charge in [-0.2, -0.15) is 5.10 Å². The van der Waals surface area contributed by atoms with Crippen molar-refractivity contribution in [3.8, 4) is 0 Å². The first kappa shape index (κ1) is 7.72. The highest BCUT2D eigenvalue weighted by Crippen LogP contribution is 1.85. The second-order valence-corrected chi connectivity index (χ2v) is 2.70. The number of nitrogens with zero attached hydrogens (tertiary/aromatic N) is 3. The van der Waals surface area contributed by atoms with Crippen LogP contribution in [0.15, 0.2) is 34.0 Å². The first-order chi connectivity index (χ1) is 6.18. The summed E-state index contributed by atoms with van der Waals surface area (Å²) in [7, 11) is 0. The van der Waals surface area contributed by atoms with Crippen molar-refractivity contribution >= 4 is 0 Å². The Morgan fingerprint density at radius 2 is 1.85 bits per heavy atom. The molecule has 0 amide bonds. The maximum atomic E-state index is 11.2. The van der Waals surface area contributed by atoms with Gasteiger partial charge in [-0.1, -0.05) is 0 Å². The highest BCUT2D eigenvalue weighted by molar-refractivity contribution is 4.96. The van der Waals surface area contributed by atoms with Crippen molar-refractivity contribution in [1.82, 2.24) is 14.2 Å². The molecule has 0 saturated carbocycles. The van der Waals surface area contributed by atoms with Crippen LogP contribution in [0.4, 0.5) is 0 Å². The summed E-state index contributed by atoms with van der Waals surface area (Å²) in [6, 6.07) is 4.09. The maximum absolute atomic E-state index is 11.2. The van der Waals surface area contributed by atoms with E-state index < -0.39 is 0 Å². The van der Waals surface area contributed by atoms with Crippen LogP contribution in [-0.2, 0) is 0 Å². The normalized spacial score (nSPS) is 10.5. The molecule has 0 unspecified atom stereocenters. The molecule has 66 valence electrons. The summed E-state index contributed by atoms with van der Waals surface area (Å²) in [6.45, 7) is 1.75. The van der Waals surface area contributed by atoms with Gasteiger partial charge in [-0.15, -0.1) is 4.63 Å². The van der Waals surface area contributed by atoms with E-state index in [0.717, 1.165) is 9.15 Å². The fraction of sp³-hybridized carbons (Fsp3) is 0.125. The fourth-order valence-electron chi connectivity index (χ4n) is 1.08. The summed E-state index contributed by atoms with van der Waals surface area (Å²) in [6.07, 6.45) is 1.52. The van der Waals surface area contributed by atoms with E-state index in [2.05, 4.69) is 5.10 Å². The lowest BCUT2D eigenvalue weighted by molar-refractivity contribution is 0.619. The molecule has 5 heteroatoms. The standard InChI is InChI=1S/C8H7N3O2/c1-6-4-5-10-7(12)2-3-8(13)11(10)9-6/h2-5H,1H3. The Kier molecular flexibility index (Phi) is 1.51. The molecule has 2 aromatic rings. The van der Waals surface area contributed by atoms with Crippen molar-refractivity contribution in [1.29, 1.82) is 0 Å². The van der Waals surface area contributed by atoms with Crippen molar-refractivity contribution in [3.05, 3.63) is 50.8 Å². The van der Waals surface area contributed by atoms with E-state index >= 15 is 0 Å². The van der Waals surface area contributed by atoms with E-state index in [0.29, 0.717) is 5.69 Å². The zero-order valence-corrected chi connectivity index (χ0v) is 6.97. The van der Waals surface area contributed by atoms with Crippen LogP contribution >= 0.6 is 0 Å². The van der Waals surface area contributed by atoms with Gasteiger partial charge in [0.1, 0.15) is 0 Å². The van der Waals surface area contributed by atoms with Gasteiger partial charge in [0.05, 0.1) is 5.69 Å². The molecule has 5 nitrogen and oxygen atoms in total. The number of hydrogen-bond donors (Lipinski definition) is 0. The lowest BCUT2D eigenvalue weighted by Gasteiger charge is -2.00. The van der Waals surface area contributed by atoms with Gasteiger partial charge >= 0.3 is 0 Å². The Bertz CT molecular complexity index is 567. The van der Waals surface area contributed by atoms with Crippen LogP contribution in [0.1, 0.15) is 5.69 Å². The predicted molar refractivity (Wildman–Crippen MR) is 45.9 cm³/mol. The third kappa shape index (κ3) is 1.14. The molecule has 2 aromatic heterocycles. The first-order valence-electron chi connectivity index (χ1n) is 3.77. The summed E-state index contributed by atoms with van der Waals surface area (Å²) in [4.78, 5) is 22.4. The van der Waals surface area contributed by atoms with Gasteiger partial charge in [0, 0.05) is 18.3 Å².